The summed E-state index contributed by atoms with van der Waals surface area (Å²) in [5, 5.41) is 8.52. The van der Waals surface area contributed by atoms with Crippen LogP contribution in [0.4, 0.5) is 0 Å². The number of carboxylic acid groups (broad SMARTS) is 1. The van der Waals surface area contributed by atoms with E-state index in [0.29, 0.717) is 0 Å². The number of aromatic carboxylic acids is 1. The van der Waals surface area contributed by atoms with Crippen molar-refractivity contribution >= 4 is 16.0 Å². The molecule has 1 fully saturated rings. The molecule has 0 atom stereocenters. The number of nitrogens with one attached hydrogen (secondary N) is 1. The lowest BCUT2D eigenvalue weighted by atomic mass is 9.94. The third-order valence-corrected chi connectivity index (χ3v) is 4.12. The maximum absolute atomic E-state index is 11.8. The minimum absolute atomic E-state index is 0.0130. The molecule has 17 heavy (non-hydrogen) atoms. The molecule has 2 N–H and O–H groups in total. The number of pyridine rings is 1. The van der Waals surface area contributed by atoms with Crippen molar-refractivity contribution in [2.75, 3.05) is 0 Å². The quantitative estimate of drug-likeness (QED) is 0.822. The lowest BCUT2D eigenvalue weighted by Gasteiger charge is -2.25. The van der Waals surface area contributed by atoms with Gasteiger partial charge in [-0.2, -0.15) is 0 Å². The van der Waals surface area contributed by atoms with Gasteiger partial charge in [-0.15, -0.1) is 0 Å². The van der Waals surface area contributed by atoms with Gasteiger partial charge in [0.15, 0.2) is 5.03 Å². The van der Waals surface area contributed by atoms with Crippen molar-refractivity contribution < 1.29 is 18.3 Å². The molecule has 0 spiro atoms. The van der Waals surface area contributed by atoms with Crippen molar-refractivity contribution in [2.45, 2.75) is 30.3 Å². The van der Waals surface area contributed by atoms with Crippen LogP contribution in [-0.2, 0) is 10.0 Å². The Balaban J connectivity index is 2.17. The molecule has 1 aromatic heterocycles. The summed E-state index contributed by atoms with van der Waals surface area (Å²) in [5.74, 6) is -1.13. The van der Waals surface area contributed by atoms with Gasteiger partial charge in [-0.1, -0.05) is 6.42 Å². The Hall–Kier alpha value is -1.47. The smallest absolute Gasteiger partial charge is 0.337 e. The molecule has 1 heterocycles. The van der Waals surface area contributed by atoms with Crippen LogP contribution >= 0.6 is 0 Å². The van der Waals surface area contributed by atoms with Gasteiger partial charge in [0.1, 0.15) is 0 Å². The van der Waals surface area contributed by atoms with Crippen LogP contribution < -0.4 is 4.72 Å². The summed E-state index contributed by atoms with van der Waals surface area (Å²) < 4.78 is 26.1. The molecule has 1 aliphatic rings. The Morgan fingerprint density at radius 2 is 2.12 bits per heavy atom. The fraction of sp³-hybridized carbons (Fsp3) is 0.400. The van der Waals surface area contributed by atoms with Gasteiger partial charge in [-0.05, 0) is 25.0 Å². The van der Waals surface area contributed by atoms with Crippen molar-refractivity contribution in [1.82, 2.24) is 9.71 Å². The van der Waals surface area contributed by atoms with E-state index < -0.39 is 16.0 Å². The lowest BCUT2D eigenvalue weighted by Crippen LogP contribution is -2.39. The van der Waals surface area contributed by atoms with E-state index in [1.54, 1.807) is 0 Å². The summed E-state index contributed by atoms with van der Waals surface area (Å²) in [6, 6.07) is 2.41. The number of hydrogen-bond donors (Lipinski definition) is 2. The molecule has 7 heteroatoms. The van der Waals surface area contributed by atoms with Crippen LogP contribution in [0.1, 0.15) is 29.6 Å². The van der Waals surface area contributed by atoms with Gasteiger partial charge in [0.05, 0.1) is 5.56 Å². The summed E-state index contributed by atoms with van der Waals surface area (Å²) in [7, 11) is -3.62. The van der Waals surface area contributed by atoms with Crippen LogP contribution in [0, 0.1) is 0 Å². The highest BCUT2D eigenvalue weighted by Gasteiger charge is 2.25. The van der Waals surface area contributed by atoms with Crippen LogP contribution in [0.5, 0.6) is 0 Å². The first kappa shape index (κ1) is 12.0. The van der Waals surface area contributed by atoms with Gasteiger partial charge in [-0.3, -0.25) is 0 Å². The molecule has 0 radical (unpaired) electrons. The van der Waals surface area contributed by atoms with Gasteiger partial charge >= 0.3 is 5.97 Å². The molecule has 0 bridgehead atoms. The maximum Gasteiger partial charge on any atom is 0.337 e. The monoisotopic (exact) mass is 256 g/mol. The topological polar surface area (TPSA) is 96.4 Å². The Morgan fingerprint density at radius 1 is 1.41 bits per heavy atom. The molecular weight excluding hydrogens is 244 g/mol. The number of aromatic nitrogens is 1. The minimum atomic E-state index is -3.62. The normalized spacial score (nSPS) is 16.5. The van der Waals surface area contributed by atoms with Crippen molar-refractivity contribution in [3.63, 3.8) is 0 Å². The number of nitrogens with zero attached hydrogens (tertiary/aromatic N) is 1. The van der Waals surface area contributed by atoms with E-state index in [2.05, 4.69) is 9.71 Å². The average Bonchev–Trinajstić information content (AvgIpc) is 2.24. The van der Waals surface area contributed by atoms with E-state index in [1.165, 1.54) is 12.1 Å². The second-order valence-electron chi connectivity index (χ2n) is 3.94. The molecule has 0 aliphatic heterocycles. The largest absolute Gasteiger partial charge is 0.478 e. The third-order valence-electron chi connectivity index (χ3n) is 2.69. The van der Waals surface area contributed by atoms with E-state index >= 15 is 0 Å². The first-order valence-electron chi connectivity index (χ1n) is 5.21. The second-order valence-corrected chi connectivity index (χ2v) is 5.60. The van der Waals surface area contributed by atoms with Gasteiger partial charge in [0.2, 0.25) is 0 Å². The molecule has 0 unspecified atom stereocenters. The van der Waals surface area contributed by atoms with E-state index in [1.807, 2.05) is 0 Å². The van der Waals surface area contributed by atoms with E-state index in [9.17, 15) is 13.2 Å². The first-order chi connectivity index (χ1) is 7.99. The number of carboxylic acids is 1. The zero-order valence-electron chi connectivity index (χ0n) is 8.96. The molecule has 0 saturated heterocycles. The van der Waals surface area contributed by atoms with Crippen molar-refractivity contribution in [2.24, 2.45) is 0 Å². The lowest BCUT2D eigenvalue weighted by molar-refractivity contribution is 0.0696. The molecular formula is C10H12N2O4S. The number of hydrogen-bond acceptors (Lipinski definition) is 4. The molecule has 92 valence electrons. The molecule has 1 saturated carbocycles. The molecule has 6 nitrogen and oxygen atoms in total. The Kier molecular flexibility index (Phi) is 3.12. The van der Waals surface area contributed by atoms with Crippen LogP contribution in [0.25, 0.3) is 0 Å². The van der Waals surface area contributed by atoms with Gasteiger partial charge < -0.3 is 5.11 Å². The summed E-state index contributed by atoms with van der Waals surface area (Å²) in [6.07, 6.45) is 3.75. The van der Waals surface area contributed by atoms with Crippen molar-refractivity contribution in [3.8, 4) is 0 Å². The fourth-order valence-electron chi connectivity index (χ4n) is 1.47. The molecule has 2 rings (SSSR count). The van der Waals surface area contributed by atoms with Crippen molar-refractivity contribution in [3.05, 3.63) is 23.9 Å². The second kappa shape index (κ2) is 4.42. The SMILES string of the molecule is O=C(O)c1ccc(S(=O)(=O)NC2CCC2)nc1. The van der Waals surface area contributed by atoms with Crippen LogP contribution in [0.3, 0.4) is 0 Å². The van der Waals surface area contributed by atoms with Gasteiger partial charge in [-0.25, -0.2) is 22.9 Å². The predicted octanol–water partition coefficient (Wildman–Crippen LogP) is 0.611. The van der Waals surface area contributed by atoms with Gasteiger partial charge in [0.25, 0.3) is 10.0 Å². The predicted molar refractivity (Wildman–Crippen MR) is 59.2 cm³/mol. The highest BCUT2D eigenvalue weighted by atomic mass is 32.2. The number of sulfonamides is 1. The van der Waals surface area contributed by atoms with E-state index in [-0.39, 0.29) is 16.6 Å². The highest BCUT2D eigenvalue weighted by Crippen LogP contribution is 2.20. The number of carbonyl (C=O) groups is 1. The molecule has 0 amide bonds. The van der Waals surface area contributed by atoms with Crippen molar-refractivity contribution in [1.29, 1.82) is 0 Å². The Morgan fingerprint density at radius 3 is 2.53 bits per heavy atom. The van der Waals surface area contributed by atoms with Gasteiger partial charge in [0, 0.05) is 12.2 Å². The Bertz CT molecular complexity index is 520. The molecule has 1 aliphatic carbocycles. The number of rotatable bonds is 4. The zero-order valence-corrected chi connectivity index (χ0v) is 9.77. The minimum Gasteiger partial charge on any atom is -0.478 e. The average molecular weight is 256 g/mol. The molecule has 0 aromatic carbocycles. The summed E-state index contributed by atoms with van der Waals surface area (Å²) in [5.41, 5.74) is -0.0346. The third kappa shape index (κ3) is 2.62. The zero-order chi connectivity index (χ0) is 12.5. The summed E-state index contributed by atoms with van der Waals surface area (Å²) in [6.45, 7) is 0. The van der Waals surface area contributed by atoms with E-state index in [4.69, 9.17) is 5.11 Å². The maximum atomic E-state index is 11.8. The Labute approximate surface area is 98.7 Å². The first-order valence-corrected chi connectivity index (χ1v) is 6.69. The molecule has 1 aromatic rings. The van der Waals surface area contributed by atoms with Crippen LogP contribution in [0.15, 0.2) is 23.4 Å². The van der Waals surface area contributed by atoms with E-state index in [0.717, 1.165) is 25.5 Å². The summed E-state index contributed by atoms with van der Waals surface area (Å²) in [4.78, 5) is 14.2. The van der Waals surface area contributed by atoms with Crippen LogP contribution in [0.2, 0.25) is 0 Å². The fourth-order valence-corrected chi connectivity index (χ4v) is 2.71. The standard InChI is InChI=1S/C10H12N2O4S/c13-10(14)7-4-5-9(11-6-7)17(15,16)12-8-2-1-3-8/h4-6,8,12H,1-3H2,(H,13,14). The highest BCUT2D eigenvalue weighted by molar-refractivity contribution is 7.89. The van der Waals surface area contributed by atoms with Crippen LogP contribution in [-0.4, -0.2) is 30.5 Å². The summed E-state index contributed by atoms with van der Waals surface area (Å²) >= 11 is 0.